The highest BCUT2D eigenvalue weighted by Crippen LogP contribution is 2.17. The molecule has 0 bridgehead atoms. The van der Waals surface area contributed by atoms with Gasteiger partial charge in [-0.25, -0.2) is 0 Å². The van der Waals surface area contributed by atoms with Gasteiger partial charge < -0.3 is 15.4 Å². The van der Waals surface area contributed by atoms with E-state index in [9.17, 15) is 0 Å². The summed E-state index contributed by atoms with van der Waals surface area (Å²) in [6, 6.07) is 8.82. The zero-order valence-electron chi connectivity index (χ0n) is 13.2. The van der Waals surface area contributed by atoms with Crippen molar-refractivity contribution in [3.05, 3.63) is 29.8 Å². The molecule has 0 aromatic heterocycles. The van der Waals surface area contributed by atoms with E-state index in [0.29, 0.717) is 6.04 Å². The average molecular weight is 289 g/mol. The number of nitrogens with zero attached hydrogens (tertiary/aromatic N) is 1. The van der Waals surface area contributed by atoms with E-state index < -0.39 is 0 Å². The van der Waals surface area contributed by atoms with Crippen molar-refractivity contribution in [2.75, 3.05) is 13.7 Å². The maximum atomic E-state index is 5.66. The highest BCUT2D eigenvalue weighted by molar-refractivity contribution is 5.79. The summed E-state index contributed by atoms with van der Waals surface area (Å²) in [4.78, 5) is 4.30. The average Bonchev–Trinajstić information content (AvgIpc) is 3.02. The SMILES string of the molecule is CCCOc1cccc(CNC(=NC)NC2CCCC2)c1. The van der Waals surface area contributed by atoms with Gasteiger partial charge >= 0.3 is 0 Å². The van der Waals surface area contributed by atoms with Gasteiger partial charge in [-0.05, 0) is 37.0 Å². The van der Waals surface area contributed by atoms with Crippen LogP contribution in [-0.4, -0.2) is 25.7 Å². The second-order valence-electron chi connectivity index (χ2n) is 5.55. The second kappa shape index (κ2) is 8.55. The quantitative estimate of drug-likeness (QED) is 0.625. The van der Waals surface area contributed by atoms with Gasteiger partial charge in [-0.3, -0.25) is 4.99 Å². The minimum Gasteiger partial charge on any atom is -0.494 e. The van der Waals surface area contributed by atoms with Crippen molar-refractivity contribution in [3.8, 4) is 5.75 Å². The molecule has 0 heterocycles. The van der Waals surface area contributed by atoms with Gasteiger partial charge in [0, 0.05) is 19.6 Å². The lowest BCUT2D eigenvalue weighted by molar-refractivity contribution is 0.317. The molecule has 1 aromatic rings. The Balaban J connectivity index is 1.82. The summed E-state index contributed by atoms with van der Waals surface area (Å²) in [6.45, 7) is 3.64. The largest absolute Gasteiger partial charge is 0.494 e. The summed E-state index contributed by atoms with van der Waals surface area (Å²) in [6.07, 6.45) is 6.18. The van der Waals surface area contributed by atoms with E-state index in [1.54, 1.807) is 0 Å². The summed E-state index contributed by atoms with van der Waals surface area (Å²) < 4.78 is 5.66. The van der Waals surface area contributed by atoms with Gasteiger partial charge in [-0.2, -0.15) is 0 Å². The molecule has 1 fully saturated rings. The minimum absolute atomic E-state index is 0.579. The molecule has 0 radical (unpaired) electrons. The smallest absolute Gasteiger partial charge is 0.191 e. The molecule has 1 aliphatic carbocycles. The fourth-order valence-corrected chi connectivity index (χ4v) is 2.61. The van der Waals surface area contributed by atoms with Crippen LogP contribution in [0.15, 0.2) is 29.3 Å². The van der Waals surface area contributed by atoms with Gasteiger partial charge in [0.15, 0.2) is 5.96 Å². The Kier molecular flexibility index (Phi) is 6.38. The first kappa shape index (κ1) is 15.7. The number of benzene rings is 1. The topological polar surface area (TPSA) is 45.6 Å². The number of aliphatic imine (C=N–C) groups is 1. The normalized spacial score (nSPS) is 16.0. The number of guanidine groups is 1. The molecule has 0 aliphatic heterocycles. The molecule has 1 aliphatic rings. The van der Waals surface area contributed by atoms with E-state index in [0.717, 1.165) is 31.3 Å². The predicted molar refractivity (Wildman–Crippen MR) is 87.8 cm³/mol. The van der Waals surface area contributed by atoms with Gasteiger partial charge in [0.1, 0.15) is 5.75 Å². The molecule has 0 atom stereocenters. The highest BCUT2D eigenvalue weighted by atomic mass is 16.5. The lowest BCUT2D eigenvalue weighted by Crippen LogP contribution is -2.41. The van der Waals surface area contributed by atoms with E-state index in [-0.39, 0.29) is 0 Å². The monoisotopic (exact) mass is 289 g/mol. The molecule has 2 rings (SSSR count). The van der Waals surface area contributed by atoms with Crippen LogP contribution in [-0.2, 0) is 6.54 Å². The van der Waals surface area contributed by atoms with E-state index in [1.165, 1.54) is 31.2 Å². The maximum absolute atomic E-state index is 5.66. The van der Waals surface area contributed by atoms with Gasteiger partial charge in [0.2, 0.25) is 0 Å². The molecule has 2 N–H and O–H groups in total. The van der Waals surface area contributed by atoms with Gasteiger partial charge in [0.25, 0.3) is 0 Å². The maximum Gasteiger partial charge on any atom is 0.191 e. The highest BCUT2D eigenvalue weighted by Gasteiger charge is 2.15. The van der Waals surface area contributed by atoms with Crippen LogP contribution in [0.3, 0.4) is 0 Å². The van der Waals surface area contributed by atoms with Crippen LogP contribution in [0.5, 0.6) is 5.75 Å². The van der Waals surface area contributed by atoms with Gasteiger partial charge in [0.05, 0.1) is 6.61 Å². The summed E-state index contributed by atoms with van der Waals surface area (Å²) in [5.41, 5.74) is 1.21. The van der Waals surface area contributed by atoms with E-state index >= 15 is 0 Å². The molecule has 21 heavy (non-hydrogen) atoms. The van der Waals surface area contributed by atoms with Crippen molar-refractivity contribution in [2.24, 2.45) is 4.99 Å². The van der Waals surface area contributed by atoms with Crippen molar-refractivity contribution in [2.45, 2.75) is 51.6 Å². The number of ether oxygens (including phenoxy) is 1. The molecular formula is C17H27N3O. The third kappa shape index (κ3) is 5.29. The Bertz CT molecular complexity index is 453. The van der Waals surface area contributed by atoms with Crippen molar-refractivity contribution in [1.29, 1.82) is 0 Å². The first-order valence-electron chi connectivity index (χ1n) is 8.00. The Hall–Kier alpha value is -1.71. The summed E-state index contributed by atoms with van der Waals surface area (Å²) >= 11 is 0. The van der Waals surface area contributed by atoms with Crippen LogP contribution in [0.25, 0.3) is 0 Å². The first-order valence-corrected chi connectivity index (χ1v) is 8.00. The van der Waals surface area contributed by atoms with Crippen molar-refractivity contribution in [1.82, 2.24) is 10.6 Å². The molecule has 1 aromatic carbocycles. The van der Waals surface area contributed by atoms with Crippen LogP contribution < -0.4 is 15.4 Å². The molecular weight excluding hydrogens is 262 g/mol. The van der Waals surface area contributed by atoms with E-state index in [1.807, 2.05) is 19.2 Å². The molecule has 4 heteroatoms. The first-order chi connectivity index (χ1) is 10.3. The third-order valence-electron chi connectivity index (χ3n) is 3.75. The fourth-order valence-electron chi connectivity index (χ4n) is 2.61. The Morgan fingerprint density at radius 3 is 2.86 bits per heavy atom. The molecule has 0 spiro atoms. The Morgan fingerprint density at radius 1 is 1.33 bits per heavy atom. The number of hydrogen-bond donors (Lipinski definition) is 2. The van der Waals surface area contributed by atoms with Crippen LogP contribution in [0.2, 0.25) is 0 Å². The standard InChI is InChI=1S/C17H27N3O/c1-3-11-21-16-10-6-7-14(12-16)13-19-17(18-2)20-15-8-4-5-9-15/h6-7,10,12,15H,3-5,8-9,11,13H2,1-2H3,(H2,18,19,20). The van der Waals surface area contributed by atoms with Crippen molar-refractivity contribution in [3.63, 3.8) is 0 Å². The molecule has 116 valence electrons. The van der Waals surface area contributed by atoms with E-state index in [4.69, 9.17) is 4.74 Å². The zero-order valence-corrected chi connectivity index (χ0v) is 13.2. The lowest BCUT2D eigenvalue weighted by Gasteiger charge is -2.17. The second-order valence-corrected chi connectivity index (χ2v) is 5.55. The van der Waals surface area contributed by atoms with Gasteiger partial charge in [-0.15, -0.1) is 0 Å². The number of rotatable bonds is 6. The summed E-state index contributed by atoms with van der Waals surface area (Å²) in [7, 11) is 1.82. The Labute approximate surface area is 128 Å². The van der Waals surface area contributed by atoms with Crippen LogP contribution in [0.4, 0.5) is 0 Å². The third-order valence-corrected chi connectivity index (χ3v) is 3.75. The molecule has 0 unspecified atom stereocenters. The zero-order chi connectivity index (χ0) is 14.9. The molecule has 0 saturated heterocycles. The molecule has 4 nitrogen and oxygen atoms in total. The van der Waals surface area contributed by atoms with Crippen molar-refractivity contribution < 1.29 is 4.74 Å². The van der Waals surface area contributed by atoms with Crippen LogP contribution >= 0.6 is 0 Å². The van der Waals surface area contributed by atoms with Crippen molar-refractivity contribution >= 4 is 5.96 Å². The van der Waals surface area contributed by atoms with Crippen LogP contribution in [0, 0.1) is 0 Å². The lowest BCUT2D eigenvalue weighted by atomic mass is 10.2. The fraction of sp³-hybridized carbons (Fsp3) is 0.588. The van der Waals surface area contributed by atoms with E-state index in [2.05, 4.69) is 34.7 Å². The summed E-state index contributed by atoms with van der Waals surface area (Å²) in [5.74, 6) is 1.83. The Morgan fingerprint density at radius 2 is 2.14 bits per heavy atom. The van der Waals surface area contributed by atoms with Gasteiger partial charge in [-0.1, -0.05) is 31.9 Å². The molecule has 1 saturated carbocycles. The predicted octanol–water partition coefficient (Wildman–Crippen LogP) is 3.08. The number of nitrogens with one attached hydrogen (secondary N) is 2. The number of hydrogen-bond acceptors (Lipinski definition) is 2. The van der Waals surface area contributed by atoms with Crippen LogP contribution in [0.1, 0.15) is 44.6 Å². The minimum atomic E-state index is 0.579. The molecule has 0 amide bonds. The summed E-state index contributed by atoms with van der Waals surface area (Å²) in [5, 5.41) is 6.87.